The highest BCUT2D eigenvalue weighted by molar-refractivity contribution is 5.94. The van der Waals surface area contributed by atoms with Crippen LogP contribution in [-0.4, -0.2) is 13.0 Å². The zero-order valence-corrected chi connectivity index (χ0v) is 14.6. The molecule has 0 spiro atoms. The third kappa shape index (κ3) is 2.98. The van der Waals surface area contributed by atoms with Crippen LogP contribution in [0.5, 0.6) is 0 Å². The predicted octanol–water partition coefficient (Wildman–Crippen LogP) is 4.72. The van der Waals surface area contributed by atoms with Gasteiger partial charge in [0.2, 0.25) is 0 Å². The number of amides is 1. The molecule has 0 atom stereocenters. The van der Waals surface area contributed by atoms with Crippen LogP contribution in [-0.2, 0) is 6.42 Å². The van der Waals surface area contributed by atoms with Crippen molar-refractivity contribution in [3.05, 3.63) is 35.1 Å². The first-order valence-electron chi connectivity index (χ1n) is 9.57. The molecule has 0 unspecified atom stereocenters. The average Bonchev–Trinajstić information content (AvgIpc) is 2.53. The summed E-state index contributed by atoms with van der Waals surface area (Å²) in [6.07, 6.45) is 12.2. The summed E-state index contributed by atoms with van der Waals surface area (Å²) in [6, 6.07) is 5.08. The lowest BCUT2D eigenvalue weighted by atomic mass is 9.48. The van der Waals surface area contributed by atoms with E-state index in [4.69, 9.17) is 0 Å². The van der Waals surface area contributed by atoms with E-state index in [0.717, 1.165) is 36.2 Å². The lowest BCUT2D eigenvalue weighted by Crippen LogP contribution is -2.45. The molecule has 0 saturated heterocycles. The van der Waals surface area contributed by atoms with E-state index in [2.05, 4.69) is 5.32 Å². The van der Waals surface area contributed by atoms with Crippen molar-refractivity contribution in [1.29, 1.82) is 0 Å². The van der Waals surface area contributed by atoms with E-state index in [1.165, 1.54) is 52.0 Å². The van der Waals surface area contributed by atoms with Crippen molar-refractivity contribution in [1.82, 2.24) is 5.32 Å². The molecule has 1 aromatic rings. The molecule has 3 heteroatoms. The van der Waals surface area contributed by atoms with Gasteiger partial charge in [-0.1, -0.05) is 6.07 Å². The molecule has 2 nitrogen and oxygen atoms in total. The first-order chi connectivity index (χ1) is 11.6. The van der Waals surface area contributed by atoms with Gasteiger partial charge in [-0.05, 0) is 98.7 Å². The fourth-order valence-corrected chi connectivity index (χ4v) is 6.30. The van der Waals surface area contributed by atoms with Crippen molar-refractivity contribution in [2.75, 3.05) is 7.05 Å². The van der Waals surface area contributed by atoms with E-state index in [1.807, 2.05) is 6.07 Å². The lowest BCUT2D eigenvalue weighted by Gasteiger charge is -2.57. The van der Waals surface area contributed by atoms with E-state index in [9.17, 15) is 9.18 Å². The van der Waals surface area contributed by atoms with Crippen molar-refractivity contribution in [2.24, 2.45) is 23.2 Å². The molecular weight excluding hydrogens is 301 g/mol. The Balaban J connectivity index is 1.36. The molecule has 1 N–H and O–H groups in total. The second-order valence-electron chi connectivity index (χ2n) is 8.66. The average molecular weight is 329 g/mol. The zero-order chi connectivity index (χ0) is 16.7. The highest BCUT2D eigenvalue weighted by atomic mass is 19.1. The smallest absolute Gasteiger partial charge is 0.253 e. The maximum absolute atomic E-state index is 14.1. The molecule has 4 saturated carbocycles. The Morgan fingerprint density at radius 1 is 1.17 bits per heavy atom. The summed E-state index contributed by atoms with van der Waals surface area (Å²) < 4.78 is 14.1. The first-order valence-corrected chi connectivity index (χ1v) is 9.57. The van der Waals surface area contributed by atoms with Gasteiger partial charge in [0.05, 0.1) is 5.56 Å². The van der Waals surface area contributed by atoms with Gasteiger partial charge >= 0.3 is 0 Å². The van der Waals surface area contributed by atoms with Crippen LogP contribution in [0.2, 0.25) is 0 Å². The third-order valence-corrected chi connectivity index (χ3v) is 6.84. The third-order valence-electron chi connectivity index (χ3n) is 6.84. The topological polar surface area (TPSA) is 29.1 Å². The number of carbonyl (C=O) groups excluding carboxylic acids is 1. The second kappa shape index (κ2) is 6.16. The molecule has 4 aliphatic rings. The summed E-state index contributed by atoms with van der Waals surface area (Å²) in [4.78, 5) is 11.6. The number of rotatable bonds is 5. The van der Waals surface area contributed by atoms with Crippen molar-refractivity contribution in [2.45, 2.75) is 57.8 Å². The summed E-state index contributed by atoms with van der Waals surface area (Å²) in [7, 11) is 1.53. The van der Waals surface area contributed by atoms with Crippen molar-refractivity contribution in [3.63, 3.8) is 0 Å². The molecule has 0 aromatic heterocycles. The van der Waals surface area contributed by atoms with Gasteiger partial charge in [0.25, 0.3) is 5.91 Å². The number of nitrogens with one attached hydrogen (secondary N) is 1. The molecule has 4 aliphatic carbocycles. The monoisotopic (exact) mass is 329 g/mol. The van der Waals surface area contributed by atoms with Crippen LogP contribution in [0.3, 0.4) is 0 Å². The largest absolute Gasteiger partial charge is 0.355 e. The quantitative estimate of drug-likeness (QED) is 0.832. The number of benzene rings is 1. The van der Waals surface area contributed by atoms with Gasteiger partial charge in [-0.3, -0.25) is 4.79 Å². The van der Waals surface area contributed by atoms with Crippen LogP contribution in [0.25, 0.3) is 0 Å². The maximum Gasteiger partial charge on any atom is 0.253 e. The van der Waals surface area contributed by atoms with Gasteiger partial charge in [0.15, 0.2) is 0 Å². The summed E-state index contributed by atoms with van der Waals surface area (Å²) in [6.45, 7) is 0. The van der Waals surface area contributed by atoms with Gasteiger partial charge < -0.3 is 5.32 Å². The molecule has 1 amide bonds. The van der Waals surface area contributed by atoms with E-state index in [0.29, 0.717) is 5.41 Å². The van der Waals surface area contributed by atoms with Gasteiger partial charge in [-0.15, -0.1) is 0 Å². The van der Waals surface area contributed by atoms with E-state index >= 15 is 0 Å². The van der Waals surface area contributed by atoms with Crippen molar-refractivity contribution >= 4 is 5.91 Å². The fourth-order valence-electron chi connectivity index (χ4n) is 6.30. The maximum atomic E-state index is 14.1. The molecule has 4 bridgehead atoms. The minimum Gasteiger partial charge on any atom is -0.355 e. The number of aryl methyl sites for hydroxylation is 1. The number of hydrogen-bond donors (Lipinski definition) is 1. The van der Waals surface area contributed by atoms with Crippen molar-refractivity contribution < 1.29 is 9.18 Å². The molecule has 5 rings (SSSR count). The molecule has 0 aliphatic heterocycles. The van der Waals surface area contributed by atoms with Gasteiger partial charge in [-0.25, -0.2) is 4.39 Å². The summed E-state index contributed by atoms with van der Waals surface area (Å²) in [5, 5.41) is 2.48. The molecule has 4 fully saturated rings. The van der Waals surface area contributed by atoms with Crippen LogP contribution in [0.15, 0.2) is 18.2 Å². The lowest BCUT2D eigenvalue weighted by molar-refractivity contribution is -0.0580. The van der Waals surface area contributed by atoms with Gasteiger partial charge in [-0.2, -0.15) is 0 Å². The van der Waals surface area contributed by atoms with Crippen LogP contribution in [0, 0.1) is 29.0 Å². The highest BCUT2D eigenvalue weighted by Crippen LogP contribution is 2.61. The SMILES string of the molecule is CNC(=O)c1ccc(CCCC23CC4CC(CC(C4)C2)C3)cc1F. The molecule has 0 heterocycles. The Labute approximate surface area is 144 Å². The molecule has 0 radical (unpaired) electrons. The Hall–Kier alpha value is -1.38. The first kappa shape index (κ1) is 16.1. The standard InChI is InChI=1S/C21H28FNO/c1-23-20(24)18-5-4-14(10-19(18)22)3-2-6-21-11-15-7-16(12-21)9-17(8-15)13-21/h4-5,10,15-17H,2-3,6-9,11-13H2,1H3,(H,23,24). The molecule has 24 heavy (non-hydrogen) atoms. The molecular formula is C21H28FNO. The van der Waals surface area contributed by atoms with Gasteiger partial charge in [0.1, 0.15) is 5.82 Å². The number of carbonyl (C=O) groups is 1. The normalized spacial score (nSPS) is 33.7. The zero-order valence-electron chi connectivity index (χ0n) is 14.6. The van der Waals surface area contributed by atoms with Crippen LogP contribution in [0.4, 0.5) is 4.39 Å². The molecule has 1 aromatic carbocycles. The minimum absolute atomic E-state index is 0.141. The Bertz CT molecular complexity index is 603. The van der Waals surface area contributed by atoms with Crippen LogP contribution >= 0.6 is 0 Å². The molecule has 130 valence electrons. The Morgan fingerprint density at radius 3 is 2.33 bits per heavy atom. The van der Waals surface area contributed by atoms with E-state index < -0.39 is 5.82 Å². The minimum atomic E-state index is -0.401. The Morgan fingerprint density at radius 2 is 1.79 bits per heavy atom. The second-order valence-corrected chi connectivity index (χ2v) is 8.66. The van der Waals surface area contributed by atoms with Crippen LogP contribution < -0.4 is 5.32 Å². The number of halogens is 1. The fraction of sp³-hybridized carbons (Fsp3) is 0.667. The van der Waals surface area contributed by atoms with Gasteiger partial charge in [0, 0.05) is 7.05 Å². The van der Waals surface area contributed by atoms with E-state index in [-0.39, 0.29) is 11.5 Å². The van der Waals surface area contributed by atoms with Crippen molar-refractivity contribution in [3.8, 4) is 0 Å². The van der Waals surface area contributed by atoms with Crippen LogP contribution in [0.1, 0.15) is 67.3 Å². The predicted molar refractivity (Wildman–Crippen MR) is 93.3 cm³/mol. The van der Waals surface area contributed by atoms with E-state index in [1.54, 1.807) is 12.1 Å². The summed E-state index contributed by atoms with van der Waals surface area (Å²) >= 11 is 0. The summed E-state index contributed by atoms with van der Waals surface area (Å²) in [5.74, 6) is 2.25. The summed E-state index contributed by atoms with van der Waals surface area (Å²) in [5.41, 5.74) is 1.77. The highest BCUT2D eigenvalue weighted by Gasteiger charge is 2.50. The number of hydrogen-bond acceptors (Lipinski definition) is 1. The Kier molecular flexibility index (Phi) is 4.14.